The van der Waals surface area contributed by atoms with Crippen LogP contribution < -0.4 is 0 Å². The van der Waals surface area contributed by atoms with Crippen molar-refractivity contribution in [1.29, 1.82) is 0 Å². The molecule has 5 heteroatoms. The third-order valence-electron chi connectivity index (χ3n) is 8.32. The first kappa shape index (κ1) is 22.7. The van der Waals surface area contributed by atoms with E-state index < -0.39 is 39.4 Å². The van der Waals surface area contributed by atoms with Gasteiger partial charge in [0.05, 0.1) is 7.59 Å². The van der Waals surface area contributed by atoms with Crippen LogP contribution >= 0.6 is 0 Å². The lowest BCUT2D eigenvalue weighted by atomic mass is 9.98. The molecule has 0 nitrogen and oxygen atoms in total. The highest BCUT2D eigenvalue weighted by molar-refractivity contribution is 7.57. The minimum Gasteiger partial charge on any atom is -0.0834 e. The van der Waals surface area contributed by atoms with Crippen LogP contribution in [0.25, 0.3) is 6.08 Å². The van der Waals surface area contributed by atoms with Crippen molar-refractivity contribution in [3.8, 4) is 0 Å². The predicted molar refractivity (Wildman–Crippen MR) is 144 cm³/mol. The Bertz CT molecular complexity index is 762. The third kappa shape index (κ3) is 2.61. The van der Waals surface area contributed by atoms with Gasteiger partial charge in [-0.05, 0) is 26.1 Å². The maximum absolute atomic E-state index is 2.78. The number of fused-ring (bicyclic) bond motifs is 3. The fourth-order valence-corrected chi connectivity index (χ4v) is 92.6. The normalized spacial score (nSPS) is 28.0. The zero-order chi connectivity index (χ0) is 21.6. The van der Waals surface area contributed by atoms with Gasteiger partial charge in [-0.2, -0.15) is 0 Å². The van der Waals surface area contributed by atoms with E-state index in [1.165, 1.54) is 5.56 Å². The van der Waals surface area contributed by atoms with Gasteiger partial charge in [0.25, 0.3) is 0 Å². The van der Waals surface area contributed by atoms with E-state index in [0.29, 0.717) is 0 Å². The standard InChI is InChI=1S/C23H44Si5/c1-24(2,3)23(25(4,5)6,26(7,8)9)28(27(10,11)12)21-18-17-19-15-13-14-16-20(19)22(21)28/h13-18,21-22H,1-12H3. The lowest BCUT2D eigenvalue weighted by Gasteiger charge is -2.66. The summed E-state index contributed by atoms with van der Waals surface area (Å²) in [6, 6.07) is 9.44. The molecule has 0 saturated carbocycles. The Balaban J connectivity index is 2.46. The molecule has 0 N–H and O–H groups in total. The second-order valence-electron chi connectivity index (χ2n) is 13.6. The monoisotopic (exact) mass is 460 g/mol. The second-order valence-corrected chi connectivity index (χ2v) is 47.6. The van der Waals surface area contributed by atoms with Crippen LogP contribution in [0.4, 0.5) is 0 Å². The molecule has 3 atom stereocenters. The van der Waals surface area contributed by atoms with Gasteiger partial charge in [-0.1, -0.05) is 115 Å². The Morgan fingerprint density at radius 3 is 1.61 bits per heavy atom. The van der Waals surface area contributed by atoms with E-state index in [4.69, 9.17) is 0 Å². The first-order valence-electron chi connectivity index (χ1n) is 11.2. The van der Waals surface area contributed by atoms with Crippen LogP contribution in [-0.2, 0) is 0 Å². The van der Waals surface area contributed by atoms with Crippen molar-refractivity contribution in [2.45, 2.75) is 93.6 Å². The smallest absolute Gasteiger partial charge is 0.0608 e. The van der Waals surface area contributed by atoms with Crippen molar-refractivity contribution < 1.29 is 0 Å². The summed E-state index contributed by atoms with van der Waals surface area (Å²) in [6.07, 6.45) is 5.24. The van der Waals surface area contributed by atoms with Crippen molar-refractivity contribution in [3.63, 3.8) is 0 Å². The van der Waals surface area contributed by atoms with Crippen LogP contribution in [0, 0.1) is 0 Å². The highest BCUT2D eigenvalue weighted by Crippen LogP contribution is 2.80. The van der Waals surface area contributed by atoms with Gasteiger partial charge in [0, 0.05) is 31.8 Å². The molecule has 1 fully saturated rings. The van der Waals surface area contributed by atoms with E-state index in [1.807, 2.05) is 0 Å². The number of benzene rings is 1. The Morgan fingerprint density at radius 2 is 1.18 bits per heavy atom. The molecule has 0 radical (unpaired) electrons. The van der Waals surface area contributed by atoms with Gasteiger partial charge >= 0.3 is 0 Å². The molecule has 1 saturated heterocycles. The summed E-state index contributed by atoms with van der Waals surface area (Å²) in [5, 5.41) is 0. The first-order valence-corrected chi connectivity index (χ1v) is 28.4. The molecule has 0 aromatic heterocycles. The molecule has 0 spiro atoms. The number of rotatable bonds is 5. The van der Waals surface area contributed by atoms with E-state index in [2.05, 4.69) is 115 Å². The zero-order valence-electron chi connectivity index (χ0n) is 20.6. The Labute approximate surface area is 180 Å². The average Bonchev–Trinajstić information content (AvgIpc) is 3.13. The van der Waals surface area contributed by atoms with Crippen molar-refractivity contribution in [3.05, 3.63) is 41.5 Å². The molecule has 1 aromatic carbocycles. The third-order valence-corrected chi connectivity index (χ3v) is 58.4. The molecular formula is C23H44Si5. The number of hydrogen-bond donors (Lipinski definition) is 0. The van der Waals surface area contributed by atoms with Crippen molar-refractivity contribution in [2.75, 3.05) is 0 Å². The molecule has 3 unspecified atom stereocenters. The lowest BCUT2D eigenvalue weighted by molar-refractivity contribution is 1.08. The van der Waals surface area contributed by atoms with E-state index >= 15 is 0 Å². The second kappa shape index (κ2) is 6.28. The quantitative estimate of drug-likeness (QED) is 0.391. The fraction of sp³-hybridized carbons (Fsp3) is 0.652. The van der Waals surface area contributed by atoms with E-state index in [1.54, 1.807) is 5.56 Å². The van der Waals surface area contributed by atoms with Gasteiger partial charge in [0.15, 0.2) is 0 Å². The highest BCUT2D eigenvalue weighted by Gasteiger charge is 2.85. The summed E-state index contributed by atoms with van der Waals surface area (Å²) in [4.78, 5) is 0. The molecule has 2 aliphatic rings. The molecule has 0 amide bonds. The van der Waals surface area contributed by atoms with Gasteiger partial charge < -0.3 is 0 Å². The maximum atomic E-state index is 2.78. The van der Waals surface area contributed by atoms with Crippen molar-refractivity contribution >= 4 is 45.5 Å². The largest absolute Gasteiger partial charge is 0.0834 e. The average molecular weight is 461 g/mol. The Morgan fingerprint density at radius 1 is 0.714 bits per heavy atom. The van der Waals surface area contributed by atoms with Crippen LogP contribution in [0.2, 0.25) is 88.0 Å². The molecule has 1 aliphatic heterocycles. The number of allylic oxidation sites excluding steroid dienone is 1. The van der Waals surface area contributed by atoms with Crippen LogP contribution in [0.15, 0.2) is 30.3 Å². The SMILES string of the molecule is C[Si](C)(C)C([Si](C)(C)C)([Si](C)(C)C)[Si]1([Si](C)(C)C)C2C=Cc3ccccc3C21. The molecule has 0 bridgehead atoms. The van der Waals surface area contributed by atoms with Gasteiger partial charge in [0.1, 0.15) is 0 Å². The summed E-state index contributed by atoms with van der Waals surface area (Å²) in [7, 11) is -7.14. The van der Waals surface area contributed by atoms with Crippen LogP contribution in [0.5, 0.6) is 0 Å². The van der Waals surface area contributed by atoms with Gasteiger partial charge in [-0.3, -0.25) is 0 Å². The minimum absolute atomic E-state index is 0.752. The van der Waals surface area contributed by atoms with Gasteiger partial charge in [-0.25, -0.2) is 0 Å². The molecule has 1 heterocycles. The maximum Gasteiger partial charge on any atom is 0.0608 e. The predicted octanol–water partition coefficient (Wildman–Crippen LogP) is 7.96. The van der Waals surface area contributed by atoms with Crippen molar-refractivity contribution in [1.82, 2.24) is 0 Å². The molecule has 28 heavy (non-hydrogen) atoms. The zero-order valence-corrected chi connectivity index (χ0v) is 25.6. The molecule has 3 rings (SSSR count). The van der Waals surface area contributed by atoms with E-state index in [0.717, 1.165) is 15.0 Å². The summed E-state index contributed by atoms with van der Waals surface area (Å²) in [6.45, 7) is 33.3. The summed E-state index contributed by atoms with van der Waals surface area (Å²) >= 11 is 0. The van der Waals surface area contributed by atoms with E-state index in [-0.39, 0.29) is 0 Å². The molecule has 1 aromatic rings. The summed E-state index contributed by atoms with van der Waals surface area (Å²) in [5.74, 6) is 0. The van der Waals surface area contributed by atoms with Crippen LogP contribution in [0.1, 0.15) is 16.7 Å². The summed E-state index contributed by atoms with van der Waals surface area (Å²) < 4.78 is 0.752. The Kier molecular flexibility index (Phi) is 5.10. The van der Waals surface area contributed by atoms with Gasteiger partial charge in [0.2, 0.25) is 0 Å². The molecular weight excluding hydrogens is 417 g/mol. The summed E-state index contributed by atoms with van der Waals surface area (Å²) in [5.41, 5.74) is 5.10. The Hall–Kier alpha value is 0.0444. The van der Waals surface area contributed by atoms with Crippen LogP contribution in [0.3, 0.4) is 0 Å². The molecule has 1 aliphatic carbocycles. The topological polar surface area (TPSA) is 0 Å². The highest BCUT2D eigenvalue weighted by atomic mass is 29.3. The fourth-order valence-electron chi connectivity index (χ4n) is 9.52. The van der Waals surface area contributed by atoms with Crippen molar-refractivity contribution in [2.24, 2.45) is 0 Å². The number of hydrogen-bond acceptors (Lipinski definition) is 0. The van der Waals surface area contributed by atoms with E-state index in [9.17, 15) is 0 Å². The van der Waals surface area contributed by atoms with Gasteiger partial charge in [-0.15, -0.1) is 0 Å². The lowest BCUT2D eigenvalue weighted by Crippen LogP contribution is -2.79. The molecule has 156 valence electrons. The van der Waals surface area contributed by atoms with Crippen LogP contribution in [-0.4, -0.2) is 39.4 Å². The minimum atomic E-state index is -1.55. The first-order chi connectivity index (χ1) is 12.5.